The number of aromatic nitrogens is 1. The maximum Gasteiger partial charge on any atom is 0.573 e. The van der Waals surface area contributed by atoms with Crippen LogP contribution in [0.15, 0.2) is 71.3 Å². The highest BCUT2D eigenvalue weighted by molar-refractivity contribution is 5.92. The molecule has 0 aliphatic carbocycles. The van der Waals surface area contributed by atoms with Crippen LogP contribution < -0.4 is 10.1 Å². The third kappa shape index (κ3) is 5.68. The Balaban J connectivity index is 1.99. The van der Waals surface area contributed by atoms with E-state index in [4.69, 9.17) is 4.74 Å². The number of halogens is 3. The molecule has 0 saturated heterocycles. The number of nitrogens with zero attached hydrogens (tertiary/aromatic N) is 2. The number of ether oxygens (including phenoxy) is 2. The highest BCUT2D eigenvalue weighted by atomic mass is 19.4. The normalized spacial score (nSPS) is 16.3. The van der Waals surface area contributed by atoms with Crippen molar-refractivity contribution in [2.24, 2.45) is 0 Å². The lowest BCUT2D eigenvalue weighted by atomic mass is 9.83. The van der Waals surface area contributed by atoms with Crippen LogP contribution in [-0.2, 0) is 16.0 Å². The number of esters is 1. The Kier molecular flexibility index (Phi) is 7.00. The number of nitrogens with one attached hydrogen (secondary N) is 1. The number of alkyl halides is 3. The Morgan fingerprint density at radius 1 is 1.15 bits per heavy atom. The first-order valence-corrected chi connectivity index (χ1v) is 9.83. The zero-order valence-corrected chi connectivity index (χ0v) is 17.7. The average molecular weight is 463 g/mol. The minimum absolute atomic E-state index is 0.0729. The van der Waals surface area contributed by atoms with Gasteiger partial charge in [0.2, 0.25) is 0 Å². The number of hydrogen-bond donors (Lipinski definition) is 1. The molecule has 0 fully saturated rings. The van der Waals surface area contributed by atoms with Crippen LogP contribution in [0.2, 0.25) is 0 Å². The van der Waals surface area contributed by atoms with Crippen molar-refractivity contribution < 1.29 is 32.4 Å². The molecule has 2 heterocycles. The minimum atomic E-state index is -5.03. The third-order valence-electron chi connectivity index (χ3n) is 4.92. The second kappa shape index (κ2) is 9.72. The Bertz CT molecular complexity index is 1110. The van der Waals surface area contributed by atoms with Crippen molar-refractivity contribution in [1.82, 2.24) is 10.3 Å². The Hall–Kier alpha value is -3.89. The Morgan fingerprint density at radius 2 is 1.85 bits per heavy atom. The molecule has 1 aliphatic rings. The standard InChI is InChI=1S/C22H20F3N3O5/c1-13-18(21(29)32-12-10-15-7-5-6-11-26-15)19(20(28(30)31)14(2)27-13)16-8-3-4-9-17(16)33-22(23,24)25/h3-9,11,19,27H,10,12H2,1-2H3. The van der Waals surface area contributed by atoms with Gasteiger partial charge >= 0.3 is 12.3 Å². The molecule has 1 aliphatic heterocycles. The number of carbonyl (C=O) groups excluding carboxylic acids is 1. The number of allylic oxidation sites excluding steroid dienone is 3. The maximum atomic E-state index is 13.0. The molecule has 0 bridgehead atoms. The molecule has 3 rings (SSSR count). The van der Waals surface area contributed by atoms with Crippen LogP contribution in [-0.4, -0.2) is 28.8 Å². The van der Waals surface area contributed by atoms with Crippen molar-refractivity contribution in [3.8, 4) is 5.75 Å². The highest BCUT2D eigenvalue weighted by Crippen LogP contribution is 2.43. The van der Waals surface area contributed by atoms with Crippen molar-refractivity contribution in [2.45, 2.75) is 32.5 Å². The predicted octanol–water partition coefficient (Wildman–Crippen LogP) is 4.24. The van der Waals surface area contributed by atoms with Crippen LogP contribution in [0.4, 0.5) is 13.2 Å². The van der Waals surface area contributed by atoms with Crippen LogP contribution in [0, 0.1) is 10.1 Å². The van der Waals surface area contributed by atoms with Gasteiger partial charge in [0, 0.05) is 29.6 Å². The number of dihydropyridines is 1. The van der Waals surface area contributed by atoms with Crippen molar-refractivity contribution in [2.75, 3.05) is 6.61 Å². The van der Waals surface area contributed by atoms with Crippen molar-refractivity contribution in [1.29, 1.82) is 0 Å². The second-order valence-electron chi connectivity index (χ2n) is 7.16. The molecule has 11 heteroatoms. The molecule has 1 N–H and O–H groups in total. The molecule has 1 atom stereocenters. The van der Waals surface area contributed by atoms with E-state index in [0.29, 0.717) is 12.1 Å². The largest absolute Gasteiger partial charge is 0.573 e. The molecule has 0 spiro atoms. The molecule has 1 aromatic carbocycles. The van der Waals surface area contributed by atoms with Gasteiger partial charge in [-0.05, 0) is 32.0 Å². The molecule has 1 unspecified atom stereocenters. The van der Waals surface area contributed by atoms with E-state index in [-0.39, 0.29) is 29.1 Å². The van der Waals surface area contributed by atoms with Gasteiger partial charge in [0.25, 0.3) is 5.70 Å². The lowest BCUT2D eigenvalue weighted by molar-refractivity contribution is -0.431. The van der Waals surface area contributed by atoms with E-state index in [1.54, 1.807) is 24.4 Å². The van der Waals surface area contributed by atoms with E-state index in [1.165, 1.54) is 32.0 Å². The summed E-state index contributed by atoms with van der Waals surface area (Å²) in [6, 6.07) is 10.2. The van der Waals surface area contributed by atoms with E-state index >= 15 is 0 Å². The number of carbonyl (C=O) groups is 1. The summed E-state index contributed by atoms with van der Waals surface area (Å²) in [7, 11) is 0. The van der Waals surface area contributed by atoms with Gasteiger partial charge in [0.1, 0.15) is 11.7 Å². The van der Waals surface area contributed by atoms with Crippen LogP contribution in [0.1, 0.15) is 31.0 Å². The molecule has 174 valence electrons. The molecule has 2 aromatic rings. The van der Waals surface area contributed by atoms with E-state index < -0.39 is 34.6 Å². The van der Waals surface area contributed by atoms with Crippen molar-refractivity contribution in [3.63, 3.8) is 0 Å². The van der Waals surface area contributed by atoms with Crippen LogP contribution in [0.25, 0.3) is 0 Å². The fourth-order valence-electron chi connectivity index (χ4n) is 3.61. The number of hydrogen-bond acceptors (Lipinski definition) is 7. The summed E-state index contributed by atoms with van der Waals surface area (Å²) < 4.78 is 48.4. The molecule has 33 heavy (non-hydrogen) atoms. The number of para-hydroxylation sites is 1. The van der Waals surface area contributed by atoms with Gasteiger partial charge < -0.3 is 14.8 Å². The summed E-state index contributed by atoms with van der Waals surface area (Å²) in [5.41, 5.74) is 0.155. The van der Waals surface area contributed by atoms with Gasteiger partial charge in [-0.15, -0.1) is 13.2 Å². The van der Waals surface area contributed by atoms with E-state index in [1.807, 2.05) is 0 Å². The van der Waals surface area contributed by atoms with Crippen LogP contribution in [0.3, 0.4) is 0 Å². The smallest absolute Gasteiger partial charge is 0.462 e. The Morgan fingerprint density at radius 3 is 2.48 bits per heavy atom. The first-order valence-electron chi connectivity index (χ1n) is 9.83. The Labute approximate surface area is 186 Å². The van der Waals surface area contributed by atoms with Crippen LogP contribution in [0.5, 0.6) is 5.75 Å². The fourth-order valence-corrected chi connectivity index (χ4v) is 3.61. The number of benzene rings is 1. The monoisotopic (exact) mass is 463 g/mol. The zero-order chi connectivity index (χ0) is 24.2. The molecule has 1 aromatic heterocycles. The number of rotatable bonds is 7. The van der Waals surface area contributed by atoms with E-state index in [2.05, 4.69) is 15.0 Å². The first-order chi connectivity index (χ1) is 15.6. The van der Waals surface area contributed by atoms with E-state index in [0.717, 1.165) is 6.07 Å². The minimum Gasteiger partial charge on any atom is -0.462 e. The molecule has 0 saturated carbocycles. The number of nitro groups is 1. The van der Waals surface area contributed by atoms with Crippen LogP contribution >= 0.6 is 0 Å². The van der Waals surface area contributed by atoms with E-state index in [9.17, 15) is 28.1 Å². The third-order valence-corrected chi connectivity index (χ3v) is 4.92. The molecule has 0 radical (unpaired) electrons. The average Bonchev–Trinajstić information content (AvgIpc) is 2.73. The van der Waals surface area contributed by atoms with Gasteiger partial charge in [0.05, 0.1) is 22.8 Å². The fraction of sp³-hybridized carbons (Fsp3) is 0.273. The quantitative estimate of drug-likeness (QED) is 0.372. The van der Waals surface area contributed by atoms with Crippen molar-refractivity contribution in [3.05, 3.63) is 92.7 Å². The summed E-state index contributed by atoms with van der Waals surface area (Å²) in [4.78, 5) is 28.3. The van der Waals surface area contributed by atoms with Gasteiger partial charge in [-0.25, -0.2) is 4.79 Å². The van der Waals surface area contributed by atoms with Gasteiger partial charge in [-0.3, -0.25) is 15.1 Å². The first kappa shape index (κ1) is 23.8. The second-order valence-corrected chi connectivity index (χ2v) is 7.16. The van der Waals surface area contributed by atoms with Gasteiger partial charge in [-0.2, -0.15) is 0 Å². The molecular weight excluding hydrogens is 443 g/mol. The summed E-state index contributed by atoms with van der Waals surface area (Å²) >= 11 is 0. The van der Waals surface area contributed by atoms with Gasteiger partial charge in [0.15, 0.2) is 0 Å². The lowest BCUT2D eigenvalue weighted by Crippen LogP contribution is -2.32. The topological polar surface area (TPSA) is 104 Å². The zero-order valence-electron chi connectivity index (χ0n) is 17.7. The summed E-state index contributed by atoms with van der Waals surface area (Å²) in [6.07, 6.45) is -3.15. The number of pyridine rings is 1. The maximum absolute atomic E-state index is 13.0. The molecule has 0 amide bonds. The van der Waals surface area contributed by atoms with Crippen molar-refractivity contribution >= 4 is 5.97 Å². The summed E-state index contributed by atoms with van der Waals surface area (Å²) in [5, 5.41) is 14.6. The molecular formula is C22H20F3N3O5. The SMILES string of the molecule is CC1=C(C(=O)OCCc2ccccn2)C(c2ccccc2OC(F)(F)F)C([N+](=O)[O-])=C(C)N1. The van der Waals surface area contributed by atoms with Gasteiger partial charge in [-0.1, -0.05) is 24.3 Å². The highest BCUT2D eigenvalue weighted by Gasteiger charge is 2.43. The lowest BCUT2D eigenvalue weighted by Gasteiger charge is -2.27. The predicted molar refractivity (Wildman–Crippen MR) is 110 cm³/mol. The summed E-state index contributed by atoms with van der Waals surface area (Å²) in [5.74, 6) is -2.98. The molecule has 8 nitrogen and oxygen atoms in total. The summed E-state index contributed by atoms with van der Waals surface area (Å²) in [6.45, 7) is 2.83.